The van der Waals surface area contributed by atoms with Gasteiger partial charge in [0.1, 0.15) is 0 Å². The lowest BCUT2D eigenvalue weighted by molar-refractivity contribution is 0.0940. The van der Waals surface area contributed by atoms with Crippen LogP contribution >= 0.6 is 0 Å². The van der Waals surface area contributed by atoms with Crippen molar-refractivity contribution in [1.29, 1.82) is 0 Å². The molecule has 1 heterocycles. The molecule has 1 aromatic carbocycles. The largest absolute Gasteiger partial charge is 0.359 e. The van der Waals surface area contributed by atoms with E-state index in [1.54, 1.807) is 6.07 Å². The fourth-order valence-electron chi connectivity index (χ4n) is 4.61. The van der Waals surface area contributed by atoms with Gasteiger partial charge in [0.05, 0.1) is 6.54 Å². The highest BCUT2D eigenvalue weighted by molar-refractivity contribution is 5.92. The van der Waals surface area contributed by atoms with Crippen LogP contribution in [-0.4, -0.2) is 29.6 Å². The zero-order valence-corrected chi connectivity index (χ0v) is 16.1. The van der Waals surface area contributed by atoms with Crippen molar-refractivity contribution >= 4 is 5.91 Å². The maximum Gasteiger partial charge on any atom is 0.273 e. The molecule has 0 bridgehead atoms. The van der Waals surface area contributed by atoms with Gasteiger partial charge >= 0.3 is 0 Å². The standard InChI is InChI=1S/C22H29N3O2/c1-25(15-17-8-4-2-5-9-17)16-19-12-20(24-27-19)21(26)23-14-18-13-22(18)10-6-3-7-11-22/h2,4-5,8-9,12,18H,3,6-7,10-11,13-16H2,1H3,(H,23,26). The van der Waals surface area contributed by atoms with Crippen LogP contribution < -0.4 is 5.32 Å². The smallest absolute Gasteiger partial charge is 0.273 e. The zero-order valence-electron chi connectivity index (χ0n) is 16.1. The number of aromatic nitrogens is 1. The summed E-state index contributed by atoms with van der Waals surface area (Å²) in [5.74, 6) is 1.26. The average Bonchev–Trinajstić information content (AvgIpc) is 3.11. The number of hydrogen-bond donors (Lipinski definition) is 1. The number of nitrogens with one attached hydrogen (secondary N) is 1. The van der Waals surface area contributed by atoms with Crippen molar-refractivity contribution in [2.45, 2.75) is 51.6 Å². The van der Waals surface area contributed by atoms with Gasteiger partial charge in [-0.3, -0.25) is 9.69 Å². The Morgan fingerprint density at radius 1 is 1.22 bits per heavy atom. The molecule has 0 aliphatic heterocycles. The maximum absolute atomic E-state index is 12.4. The van der Waals surface area contributed by atoms with Crippen LogP contribution in [0, 0.1) is 11.3 Å². The molecule has 2 saturated carbocycles. The van der Waals surface area contributed by atoms with Crippen LogP contribution in [0.25, 0.3) is 0 Å². The Morgan fingerprint density at radius 2 is 2.00 bits per heavy atom. The summed E-state index contributed by atoms with van der Waals surface area (Å²) in [7, 11) is 2.03. The summed E-state index contributed by atoms with van der Waals surface area (Å²) in [6.45, 7) is 2.22. The highest BCUT2D eigenvalue weighted by Gasteiger charge is 2.53. The SMILES string of the molecule is CN(Cc1ccccc1)Cc1cc(C(=O)NCC2CC23CCCCC3)no1. The van der Waals surface area contributed by atoms with Crippen molar-refractivity contribution < 1.29 is 9.32 Å². The molecule has 2 aliphatic carbocycles. The van der Waals surface area contributed by atoms with Gasteiger partial charge in [0.15, 0.2) is 11.5 Å². The number of rotatable bonds is 7. The molecule has 1 aromatic heterocycles. The second kappa shape index (κ2) is 7.85. The van der Waals surface area contributed by atoms with Crippen molar-refractivity contribution in [2.24, 2.45) is 11.3 Å². The van der Waals surface area contributed by atoms with Crippen LogP contribution in [0.5, 0.6) is 0 Å². The second-order valence-corrected chi connectivity index (χ2v) is 8.37. The lowest BCUT2D eigenvalue weighted by Crippen LogP contribution is -2.27. The Balaban J connectivity index is 1.24. The van der Waals surface area contributed by atoms with Crippen molar-refractivity contribution in [2.75, 3.05) is 13.6 Å². The topological polar surface area (TPSA) is 58.4 Å². The molecular weight excluding hydrogens is 338 g/mol. The minimum absolute atomic E-state index is 0.117. The Hall–Kier alpha value is -2.14. The summed E-state index contributed by atoms with van der Waals surface area (Å²) < 4.78 is 5.37. The second-order valence-electron chi connectivity index (χ2n) is 8.37. The van der Waals surface area contributed by atoms with Crippen molar-refractivity contribution in [3.05, 3.63) is 53.4 Å². The van der Waals surface area contributed by atoms with E-state index in [1.807, 2.05) is 25.2 Å². The minimum Gasteiger partial charge on any atom is -0.359 e. The summed E-state index contributed by atoms with van der Waals surface area (Å²) in [5.41, 5.74) is 2.18. The molecule has 5 nitrogen and oxygen atoms in total. The summed E-state index contributed by atoms with van der Waals surface area (Å²) in [6, 6.07) is 12.1. The molecule has 0 saturated heterocycles. The normalized spacial score (nSPS) is 20.7. The molecule has 2 aromatic rings. The Labute approximate surface area is 161 Å². The highest BCUT2D eigenvalue weighted by atomic mass is 16.5. The van der Waals surface area contributed by atoms with Crippen molar-refractivity contribution in [1.82, 2.24) is 15.4 Å². The average molecular weight is 367 g/mol. The van der Waals surface area contributed by atoms with Gasteiger partial charge in [0.25, 0.3) is 5.91 Å². The highest BCUT2D eigenvalue weighted by Crippen LogP contribution is 2.60. The molecule has 1 amide bonds. The van der Waals surface area contributed by atoms with Gasteiger partial charge in [-0.2, -0.15) is 0 Å². The third kappa shape index (κ3) is 4.41. The number of benzene rings is 1. The molecule has 5 heteroatoms. The lowest BCUT2D eigenvalue weighted by Gasteiger charge is -2.22. The minimum atomic E-state index is -0.117. The molecule has 1 N–H and O–H groups in total. The van der Waals surface area contributed by atoms with E-state index in [2.05, 4.69) is 27.5 Å². The number of nitrogens with zero attached hydrogens (tertiary/aromatic N) is 2. The number of hydrogen-bond acceptors (Lipinski definition) is 4. The van der Waals surface area contributed by atoms with E-state index in [-0.39, 0.29) is 5.91 Å². The first-order valence-electron chi connectivity index (χ1n) is 10.1. The van der Waals surface area contributed by atoms with Gasteiger partial charge < -0.3 is 9.84 Å². The van der Waals surface area contributed by atoms with E-state index >= 15 is 0 Å². The monoisotopic (exact) mass is 367 g/mol. The summed E-state index contributed by atoms with van der Waals surface area (Å²) in [5, 5.41) is 7.03. The maximum atomic E-state index is 12.4. The molecule has 27 heavy (non-hydrogen) atoms. The van der Waals surface area contributed by atoms with Gasteiger partial charge in [0, 0.05) is 19.2 Å². The van der Waals surface area contributed by atoms with Gasteiger partial charge in [0.2, 0.25) is 0 Å². The lowest BCUT2D eigenvalue weighted by atomic mass is 9.84. The van der Waals surface area contributed by atoms with Gasteiger partial charge in [-0.05, 0) is 43.2 Å². The van der Waals surface area contributed by atoms with E-state index in [0.29, 0.717) is 29.3 Å². The molecule has 4 rings (SSSR count). The molecule has 1 atom stereocenters. The predicted octanol–water partition coefficient (Wildman–Crippen LogP) is 4.01. The van der Waals surface area contributed by atoms with Crippen LogP contribution in [0.1, 0.15) is 60.3 Å². The van der Waals surface area contributed by atoms with Crippen molar-refractivity contribution in [3.8, 4) is 0 Å². The molecule has 144 valence electrons. The van der Waals surface area contributed by atoms with Crippen LogP contribution in [0.2, 0.25) is 0 Å². The Kier molecular flexibility index (Phi) is 5.30. The van der Waals surface area contributed by atoms with E-state index in [9.17, 15) is 4.79 Å². The summed E-state index contributed by atoms with van der Waals surface area (Å²) >= 11 is 0. The van der Waals surface area contributed by atoms with E-state index in [1.165, 1.54) is 44.1 Å². The Bertz CT molecular complexity index is 765. The zero-order chi connectivity index (χ0) is 18.7. The molecule has 2 aliphatic rings. The Morgan fingerprint density at radius 3 is 2.78 bits per heavy atom. The molecule has 2 fully saturated rings. The van der Waals surface area contributed by atoms with E-state index < -0.39 is 0 Å². The third-order valence-electron chi connectivity index (χ3n) is 6.23. The number of carbonyl (C=O) groups excluding carboxylic acids is 1. The predicted molar refractivity (Wildman–Crippen MR) is 104 cm³/mol. The van der Waals surface area contributed by atoms with Crippen LogP contribution in [0.3, 0.4) is 0 Å². The van der Waals surface area contributed by atoms with E-state index in [4.69, 9.17) is 4.52 Å². The van der Waals surface area contributed by atoms with Crippen molar-refractivity contribution in [3.63, 3.8) is 0 Å². The summed E-state index contributed by atoms with van der Waals surface area (Å²) in [6.07, 6.45) is 8.05. The number of amides is 1. The van der Waals surface area contributed by atoms with Gasteiger partial charge in [-0.15, -0.1) is 0 Å². The van der Waals surface area contributed by atoms with Gasteiger partial charge in [-0.25, -0.2) is 0 Å². The van der Waals surface area contributed by atoms with Crippen LogP contribution in [-0.2, 0) is 13.1 Å². The fourth-order valence-corrected chi connectivity index (χ4v) is 4.61. The molecule has 0 radical (unpaired) electrons. The molecule has 1 unspecified atom stereocenters. The quantitative estimate of drug-likeness (QED) is 0.803. The summed E-state index contributed by atoms with van der Waals surface area (Å²) in [4.78, 5) is 14.5. The first kappa shape index (κ1) is 18.2. The van der Waals surface area contributed by atoms with Crippen LogP contribution in [0.4, 0.5) is 0 Å². The molecular formula is C22H29N3O2. The number of carbonyl (C=O) groups is 1. The van der Waals surface area contributed by atoms with E-state index in [0.717, 1.165) is 13.1 Å². The first-order chi connectivity index (χ1) is 13.1. The first-order valence-corrected chi connectivity index (χ1v) is 10.1. The van der Waals surface area contributed by atoms with Crippen LogP contribution in [0.15, 0.2) is 40.9 Å². The fraction of sp³-hybridized carbons (Fsp3) is 0.545. The molecule has 1 spiro atoms. The van der Waals surface area contributed by atoms with Gasteiger partial charge in [-0.1, -0.05) is 54.8 Å². The third-order valence-corrected chi connectivity index (χ3v) is 6.23.